The molecule has 4 rings (SSSR count). The number of carboxylic acids is 1. The van der Waals surface area contributed by atoms with Gasteiger partial charge in [-0.25, -0.2) is 9.18 Å². The molecule has 7 nitrogen and oxygen atoms in total. The molecule has 0 unspecified atom stereocenters. The molecule has 0 spiro atoms. The maximum absolute atomic E-state index is 13.3. The van der Waals surface area contributed by atoms with Gasteiger partial charge in [-0.2, -0.15) is 0 Å². The molecule has 2 amide bonds. The molecule has 9 heteroatoms. The summed E-state index contributed by atoms with van der Waals surface area (Å²) in [6, 6.07) is 14.8. The maximum atomic E-state index is 13.3. The minimum Gasteiger partial charge on any atom is -0.478 e. The number of benzene rings is 2. The van der Waals surface area contributed by atoms with Crippen LogP contribution < -0.4 is 10.2 Å². The molecule has 0 atom stereocenters. The van der Waals surface area contributed by atoms with Crippen LogP contribution >= 0.6 is 12.2 Å². The van der Waals surface area contributed by atoms with Gasteiger partial charge >= 0.3 is 5.97 Å². The van der Waals surface area contributed by atoms with E-state index in [1.165, 1.54) is 42.5 Å². The van der Waals surface area contributed by atoms with Crippen LogP contribution in [-0.4, -0.2) is 32.6 Å². The van der Waals surface area contributed by atoms with Gasteiger partial charge in [0.1, 0.15) is 11.4 Å². The molecular formula is C22H14FN3O4S. The molecule has 3 aromatic rings. The van der Waals surface area contributed by atoms with Crippen molar-refractivity contribution in [1.82, 2.24) is 9.88 Å². The van der Waals surface area contributed by atoms with Gasteiger partial charge in [-0.15, -0.1) is 0 Å². The summed E-state index contributed by atoms with van der Waals surface area (Å²) in [4.78, 5) is 37.7. The number of aromatic carboxylic acids is 1. The quantitative estimate of drug-likeness (QED) is 0.373. The molecule has 2 N–H and O–H groups in total. The van der Waals surface area contributed by atoms with Gasteiger partial charge in [0.05, 0.1) is 11.3 Å². The summed E-state index contributed by atoms with van der Waals surface area (Å²) < 4.78 is 15.0. The number of aromatic nitrogens is 1. The monoisotopic (exact) mass is 435 g/mol. The Bertz CT molecular complexity index is 1250. The van der Waals surface area contributed by atoms with Crippen molar-refractivity contribution in [2.45, 2.75) is 0 Å². The lowest BCUT2D eigenvalue weighted by Crippen LogP contribution is -2.54. The fourth-order valence-corrected chi connectivity index (χ4v) is 3.42. The van der Waals surface area contributed by atoms with E-state index in [9.17, 15) is 18.8 Å². The highest BCUT2D eigenvalue weighted by molar-refractivity contribution is 7.80. The number of hydrogen-bond acceptors (Lipinski definition) is 4. The van der Waals surface area contributed by atoms with Gasteiger partial charge in [-0.05, 0) is 79.0 Å². The Hall–Kier alpha value is -4.11. The van der Waals surface area contributed by atoms with Gasteiger partial charge in [0.15, 0.2) is 5.11 Å². The minimum atomic E-state index is -1.04. The number of anilines is 1. The van der Waals surface area contributed by atoms with Crippen LogP contribution in [0.4, 0.5) is 10.1 Å². The second-order valence-corrected chi connectivity index (χ2v) is 6.98. The van der Waals surface area contributed by atoms with Crippen molar-refractivity contribution < 1.29 is 23.9 Å². The lowest BCUT2D eigenvalue weighted by Gasteiger charge is -2.28. The van der Waals surface area contributed by atoms with Crippen LogP contribution in [0.15, 0.2) is 72.4 Å². The van der Waals surface area contributed by atoms with Gasteiger partial charge in [-0.1, -0.05) is 0 Å². The summed E-state index contributed by atoms with van der Waals surface area (Å²) in [6.45, 7) is 0. The van der Waals surface area contributed by atoms with Crippen molar-refractivity contribution in [1.29, 1.82) is 0 Å². The number of nitrogens with one attached hydrogen (secondary N) is 1. The second-order valence-electron chi connectivity index (χ2n) is 6.59. The predicted molar refractivity (Wildman–Crippen MR) is 115 cm³/mol. The third-order valence-electron chi connectivity index (χ3n) is 4.65. The number of nitrogens with zero attached hydrogens (tertiary/aromatic N) is 2. The van der Waals surface area contributed by atoms with Crippen molar-refractivity contribution in [3.63, 3.8) is 0 Å². The molecule has 2 aromatic carbocycles. The van der Waals surface area contributed by atoms with Crippen LogP contribution in [-0.2, 0) is 9.59 Å². The molecule has 1 aliphatic rings. The molecule has 154 valence electrons. The Morgan fingerprint density at radius 2 is 1.65 bits per heavy atom. The van der Waals surface area contributed by atoms with Gasteiger partial charge in [0, 0.05) is 17.6 Å². The van der Waals surface area contributed by atoms with Crippen LogP contribution in [0, 0.1) is 5.82 Å². The number of amides is 2. The SMILES string of the molecule is O=C1NC(=S)N(c2ccc(F)cc2)C(=O)/C1=C\c1cccn1-c1ccc(C(=O)O)cc1. The van der Waals surface area contributed by atoms with E-state index in [0.717, 1.165) is 4.90 Å². The zero-order valence-electron chi connectivity index (χ0n) is 15.8. The molecule has 31 heavy (non-hydrogen) atoms. The fraction of sp³-hybridized carbons (Fsp3) is 0. The first-order chi connectivity index (χ1) is 14.8. The summed E-state index contributed by atoms with van der Waals surface area (Å²) in [5, 5.41) is 11.4. The molecular weight excluding hydrogens is 421 g/mol. The average Bonchev–Trinajstić information content (AvgIpc) is 3.20. The fourth-order valence-electron chi connectivity index (χ4n) is 3.14. The van der Waals surface area contributed by atoms with E-state index in [1.54, 1.807) is 35.0 Å². The third-order valence-corrected chi connectivity index (χ3v) is 4.94. The average molecular weight is 435 g/mol. The van der Waals surface area contributed by atoms with E-state index in [1.807, 2.05) is 0 Å². The lowest BCUT2D eigenvalue weighted by molar-refractivity contribution is -0.122. The summed E-state index contributed by atoms with van der Waals surface area (Å²) in [5.74, 6) is -2.80. The molecule has 1 aliphatic heterocycles. The Balaban J connectivity index is 1.71. The molecule has 1 aromatic heterocycles. The van der Waals surface area contributed by atoms with Crippen molar-refractivity contribution in [3.05, 3.63) is 89.5 Å². The number of halogens is 1. The minimum absolute atomic E-state index is 0.0987. The zero-order chi connectivity index (χ0) is 22.1. The number of carboxylic acid groups (broad SMARTS) is 1. The first-order valence-corrected chi connectivity index (χ1v) is 9.44. The van der Waals surface area contributed by atoms with Crippen molar-refractivity contribution in [3.8, 4) is 5.69 Å². The molecule has 0 radical (unpaired) electrons. The normalized spacial score (nSPS) is 15.3. The summed E-state index contributed by atoms with van der Waals surface area (Å²) in [6.07, 6.45) is 3.14. The molecule has 0 bridgehead atoms. The van der Waals surface area contributed by atoms with Gasteiger partial charge in [0.25, 0.3) is 11.8 Å². The molecule has 2 heterocycles. The lowest BCUT2D eigenvalue weighted by atomic mass is 10.1. The predicted octanol–water partition coefficient (Wildman–Crippen LogP) is 3.15. The van der Waals surface area contributed by atoms with Crippen LogP contribution in [0.25, 0.3) is 11.8 Å². The summed E-state index contributed by atoms with van der Waals surface area (Å²) in [5.41, 5.74) is 1.48. The number of carbonyl (C=O) groups excluding carboxylic acids is 2. The van der Waals surface area contributed by atoms with Crippen LogP contribution in [0.2, 0.25) is 0 Å². The highest BCUT2D eigenvalue weighted by Gasteiger charge is 2.34. The topological polar surface area (TPSA) is 91.6 Å². The van der Waals surface area contributed by atoms with Crippen LogP contribution in [0.1, 0.15) is 16.1 Å². The second kappa shape index (κ2) is 7.96. The molecule has 0 aliphatic carbocycles. The first kappa shape index (κ1) is 20.2. The molecule has 0 saturated carbocycles. The standard InChI is InChI=1S/C22H14FN3O4S/c23-14-5-9-16(10-6-14)26-20(28)18(19(27)24-22(26)31)12-17-2-1-11-25(17)15-7-3-13(4-8-15)21(29)30/h1-12H,(H,29,30)(H,24,27,31)/b18-12-. The first-order valence-electron chi connectivity index (χ1n) is 9.03. The van der Waals surface area contributed by atoms with Gasteiger partial charge in [0.2, 0.25) is 0 Å². The van der Waals surface area contributed by atoms with Crippen LogP contribution in [0.3, 0.4) is 0 Å². The Morgan fingerprint density at radius 3 is 2.29 bits per heavy atom. The zero-order valence-corrected chi connectivity index (χ0v) is 16.6. The van der Waals surface area contributed by atoms with Crippen molar-refractivity contribution in [2.24, 2.45) is 0 Å². The van der Waals surface area contributed by atoms with E-state index < -0.39 is 23.6 Å². The van der Waals surface area contributed by atoms with E-state index in [0.29, 0.717) is 17.1 Å². The molecule has 1 saturated heterocycles. The summed E-state index contributed by atoms with van der Waals surface area (Å²) >= 11 is 5.13. The smallest absolute Gasteiger partial charge is 0.335 e. The number of carbonyl (C=O) groups is 3. The largest absolute Gasteiger partial charge is 0.478 e. The summed E-state index contributed by atoms with van der Waals surface area (Å²) in [7, 11) is 0. The number of hydrogen-bond donors (Lipinski definition) is 2. The van der Waals surface area contributed by atoms with E-state index in [-0.39, 0.29) is 16.2 Å². The molecule has 1 fully saturated rings. The maximum Gasteiger partial charge on any atom is 0.335 e. The Labute approximate surface area is 181 Å². The Kier molecular flexibility index (Phi) is 5.18. The van der Waals surface area contributed by atoms with E-state index >= 15 is 0 Å². The van der Waals surface area contributed by atoms with Gasteiger partial charge in [-0.3, -0.25) is 19.8 Å². The van der Waals surface area contributed by atoms with Crippen LogP contribution in [0.5, 0.6) is 0 Å². The Morgan fingerprint density at radius 1 is 1.00 bits per heavy atom. The third kappa shape index (κ3) is 3.86. The van der Waals surface area contributed by atoms with Gasteiger partial charge < -0.3 is 9.67 Å². The van der Waals surface area contributed by atoms with E-state index in [4.69, 9.17) is 17.3 Å². The number of thiocarbonyl (C=S) groups is 1. The van der Waals surface area contributed by atoms with Crippen molar-refractivity contribution in [2.75, 3.05) is 4.90 Å². The highest BCUT2D eigenvalue weighted by Crippen LogP contribution is 2.23. The number of rotatable bonds is 4. The highest BCUT2D eigenvalue weighted by atomic mass is 32.1. The van der Waals surface area contributed by atoms with Crippen molar-refractivity contribution >= 4 is 46.9 Å². The van der Waals surface area contributed by atoms with E-state index in [2.05, 4.69) is 5.32 Å².